The first kappa shape index (κ1) is 23.0. The highest BCUT2D eigenvalue weighted by Gasteiger charge is 2.09. The second-order valence-electron chi connectivity index (χ2n) is 8.77. The topological polar surface area (TPSA) is 31.4 Å². The van der Waals surface area contributed by atoms with Gasteiger partial charge in [-0.2, -0.15) is 0 Å². The molecule has 6 rings (SSSR count). The highest BCUT2D eigenvalue weighted by molar-refractivity contribution is 7.19. The van der Waals surface area contributed by atoms with Crippen molar-refractivity contribution in [3.63, 3.8) is 0 Å². The molecule has 180 valence electrons. The van der Waals surface area contributed by atoms with Gasteiger partial charge in [0.2, 0.25) is 0 Å². The van der Waals surface area contributed by atoms with Gasteiger partial charge in [-0.15, -0.1) is 11.3 Å². The molecule has 1 heterocycles. The summed E-state index contributed by atoms with van der Waals surface area (Å²) >= 11 is 1.70. The van der Waals surface area contributed by atoms with Crippen molar-refractivity contribution in [3.05, 3.63) is 137 Å². The Morgan fingerprint density at radius 2 is 1.30 bits per heavy atom. The molecule has 6 aromatic rings. The molecule has 0 fully saturated rings. The van der Waals surface area contributed by atoms with E-state index < -0.39 is 0 Å². The number of hydrogen-bond donors (Lipinski definition) is 0. The third-order valence-corrected chi connectivity index (χ3v) is 7.15. The number of hydrogen-bond acceptors (Lipinski definition) is 4. The molecule has 5 aromatic carbocycles. The molecule has 3 nitrogen and oxygen atoms in total. The molecule has 37 heavy (non-hydrogen) atoms. The molecule has 0 spiro atoms. The van der Waals surface area contributed by atoms with Gasteiger partial charge >= 0.3 is 0 Å². The summed E-state index contributed by atoms with van der Waals surface area (Å²) in [5.74, 6) is 1.45. The van der Waals surface area contributed by atoms with Crippen molar-refractivity contribution in [1.82, 2.24) is 4.98 Å². The number of nitrogens with zero attached hydrogens (tertiary/aromatic N) is 1. The molecule has 0 N–H and O–H groups in total. The van der Waals surface area contributed by atoms with Crippen LogP contribution in [0.15, 0.2) is 115 Å². The molecule has 0 aliphatic heterocycles. The maximum absolute atomic E-state index is 6.23. The third kappa shape index (κ3) is 5.40. The van der Waals surface area contributed by atoms with Gasteiger partial charge in [0.15, 0.2) is 11.5 Å². The van der Waals surface area contributed by atoms with Crippen LogP contribution in [0.5, 0.6) is 11.5 Å². The van der Waals surface area contributed by atoms with E-state index in [1.54, 1.807) is 11.3 Å². The van der Waals surface area contributed by atoms with Gasteiger partial charge < -0.3 is 9.47 Å². The van der Waals surface area contributed by atoms with Gasteiger partial charge in [0.1, 0.15) is 18.2 Å². The van der Waals surface area contributed by atoms with E-state index in [9.17, 15) is 0 Å². The zero-order valence-electron chi connectivity index (χ0n) is 20.2. The molecule has 0 saturated carbocycles. The highest BCUT2D eigenvalue weighted by atomic mass is 32.1. The van der Waals surface area contributed by atoms with Crippen LogP contribution >= 0.6 is 11.3 Å². The SMILES string of the molecule is C(=C\c1nc2c(ccc3ccccc32)s1)/c1ccc(OCc2ccccc2)c(OCc2ccccc2)c1. The Balaban J connectivity index is 1.26. The molecule has 0 aliphatic rings. The lowest BCUT2D eigenvalue weighted by Crippen LogP contribution is -2.00. The van der Waals surface area contributed by atoms with E-state index in [2.05, 4.69) is 78.9 Å². The second kappa shape index (κ2) is 10.7. The summed E-state index contributed by atoms with van der Waals surface area (Å²) in [5.41, 5.74) is 4.31. The van der Waals surface area contributed by atoms with Gasteiger partial charge in [-0.05, 0) is 46.4 Å². The van der Waals surface area contributed by atoms with Crippen LogP contribution in [0.2, 0.25) is 0 Å². The molecule has 0 saturated heterocycles. The molecule has 0 unspecified atom stereocenters. The van der Waals surface area contributed by atoms with Crippen molar-refractivity contribution in [2.45, 2.75) is 13.2 Å². The van der Waals surface area contributed by atoms with Gasteiger partial charge in [-0.3, -0.25) is 0 Å². The minimum absolute atomic E-state index is 0.473. The monoisotopic (exact) mass is 499 g/mol. The lowest BCUT2D eigenvalue weighted by atomic mass is 10.1. The Bertz CT molecular complexity index is 1670. The minimum atomic E-state index is 0.473. The predicted octanol–water partition coefficient (Wildman–Crippen LogP) is 8.78. The summed E-state index contributed by atoms with van der Waals surface area (Å²) < 4.78 is 13.6. The number of rotatable bonds is 8. The minimum Gasteiger partial charge on any atom is -0.485 e. The standard InChI is InChI=1S/C33H25NO2S/c1-3-9-25(10-4-1)22-35-29-18-15-24(21-30(29)36-23-26-11-5-2-6-12-26)16-20-32-34-33-28-14-8-7-13-27(28)17-19-31(33)37-32/h1-21H,22-23H2/b20-16+. The summed E-state index contributed by atoms with van der Waals surface area (Å²) in [7, 11) is 0. The first-order valence-electron chi connectivity index (χ1n) is 12.3. The quantitative estimate of drug-likeness (QED) is 0.210. The smallest absolute Gasteiger partial charge is 0.162 e. The van der Waals surface area contributed by atoms with Crippen LogP contribution in [0.4, 0.5) is 0 Å². The molecule has 1 aromatic heterocycles. The summed E-state index contributed by atoms with van der Waals surface area (Å²) in [6.07, 6.45) is 4.15. The predicted molar refractivity (Wildman–Crippen MR) is 154 cm³/mol. The van der Waals surface area contributed by atoms with Crippen LogP contribution in [0.25, 0.3) is 33.1 Å². The Hall–Kier alpha value is -4.41. The first-order chi connectivity index (χ1) is 18.3. The van der Waals surface area contributed by atoms with Crippen LogP contribution in [-0.4, -0.2) is 4.98 Å². The van der Waals surface area contributed by atoms with Gasteiger partial charge in [-0.25, -0.2) is 4.98 Å². The van der Waals surface area contributed by atoms with Crippen molar-refractivity contribution in [2.75, 3.05) is 0 Å². The molecule has 0 bridgehead atoms. The fraction of sp³-hybridized carbons (Fsp3) is 0.0606. The zero-order chi connectivity index (χ0) is 24.9. The van der Waals surface area contributed by atoms with Gasteiger partial charge in [0, 0.05) is 5.39 Å². The molecule has 4 heteroatoms. The maximum atomic E-state index is 6.23. The third-order valence-electron chi connectivity index (χ3n) is 6.16. The number of fused-ring (bicyclic) bond motifs is 3. The van der Waals surface area contributed by atoms with E-state index in [4.69, 9.17) is 14.5 Å². The fourth-order valence-electron chi connectivity index (χ4n) is 4.25. The van der Waals surface area contributed by atoms with Crippen LogP contribution in [-0.2, 0) is 13.2 Å². The summed E-state index contributed by atoms with van der Waals surface area (Å²) in [6.45, 7) is 0.956. The maximum Gasteiger partial charge on any atom is 0.162 e. The van der Waals surface area contributed by atoms with Crippen LogP contribution in [0.1, 0.15) is 21.7 Å². The first-order valence-corrected chi connectivity index (χ1v) is 13.1. The van der Waals surface area contributed by atoms with Gasteiger partial charge in [0.05, 0.1) is 10.2 Å². The lowest BCUT2D eigenvalue weighted by Gasteiger charge is -2.14. The summed E-state index contributed by atoms with van der Waals surface area (Å²) in [4.78, 5) is 4.91. The van der Waals surface area contributed by atoms with E-state index in [1.807, 2.05) is 48.5 Å². The van der Waals surface area contributed by atoms with Gasteiger partial charge in [-0.1, -0.05) is 103 Å². The lowest BCUT2D eigenvalue weighted by molar-refractivity contribution is 0.256. The van der Waals surface area contributed by atoms with E-state index in [-0.39, 0.29) is 0 Å². The molecule has 0 radical (unpaired) electrons. The highest BCUT2D eigenvalue weighted by Crippen LogP contribution is 2.32. The summed E-state index contributed by atoms with van der Waals surface area (Å²) in [5, 5.41) is 3.37. The average molecular weight is 500 g/mol. The number of ether oxygens (including phenoxy) is 2. The van der Waals surface area contributed by atoms with E-state index in [0.29, 0.717) is 13.2 Å². The van der Waals surface area contributed by atoms with Crippen molar-refractivity contribution in [2.24, 2.45) is 0 Å². The summed E-state index contributed by atoms with van der Waals surface area (Å²) in [6, 6.07) is 39.1. The largest absolute Gasteiger partial charge is 0.485 e. The molecule has 0 aliphatic carbocycles. The number of benzene rings is 5. The Kier molecular flexibility index (Phi) is 6.65. The van der Waals surface area contributed by atoms with E-state index in [1.165, 1.54) is 15.5 Å². The van der Waals surface area contributed by atoms with Crippen LogP contribution < -0.4 is 9.47 Å². The van der Waals surface area contributed by atoms with Gasteiger partial charge in [0.25, 0.3) is 0 Å². The fourth-order valence-corrected chi connectivity index (χ4v) is 5.13. The van der Waals surface area contributed by atoms with Crippen LogP contribution in [0, 0.1) is 0 Å². The Morgan fingerprint density at radius 3 is 2.05 bits per heavy atom. The van der Waals surface area contributed by atoms with Crippen molar-refractivity contribution >= 4 is 44.5 Å². The van der Waals surface area contributed by atoms with Crippen molar-refractivity contribution < 1.29 is 9.47 Å². The molecule has 0 atom stereocenters. The number of thiazole rings is 1. The normalized spacial score (nSPS) is 11.4. The second-order valence-corrected chi connectivity index (χ2v) is 9.84. The van der Waals surface area contributed by atoms with Crippen molar-refractivity contribution in [1.29, 1.82) is 0 Å². The average Bonchev–Trinajstić information content (AvgIpc) is 3.39. The van der Waals surface area contributed by atoms with Crippen molar-refractivity contribution in [3.8, 4) is 11.5 Å². The Labute approximate surface area is 220 Å². The zero-order valence-corrected chi connectivity index (χ0v) is 21.0. The number of aromatic nitrogens is 1. The molecular weight excluding hydrogens is 474 g/mol. The van der Waals surface area contributed by atoms with E-state index >= 15 is 0 Å². The Morgan fingerprint density at radius 1 is 0.622 bits per heavy atom. The molecule has 0 amide bonds. The molecular formula is C33H25NO2S. The van der Waals surface area contributed by atoms with E-state index in [0.717, 1.165) is 38.7 Å². The van der Waals surface area contributed by atoms with Crippen LogP contribution in [0.3, 0.4) is 0 Å².